The molecule has 0 aromatic heterocycles. The molecule has 0 aromatic rings. The Balaban J connectivity index is 1.59. The number of carbonyl (C=O) groups is 2. The minimum atomic E-state index is -0.589. The van der Waals surface area contributed by atoms with Crippen LogP contribution in [0.15, 0.2) is 11.6 Å². The first kappa shape index (κ1) is 18.1. The zero-order valence-corrected chi connectivity index (χ0v) is 16.3. The van der Waals surface area contributed by atoms with E-state index in [-0.39, 0.29) is 28.8 Å². The topological polar surface area (TPSA) is 63.6 Å². The van der Waals surface area contributed by atoms with E-state index in [1.54, 1.807) is 0 Å². The second-order valence-electron chi connectivity index (χ2n) is 9.75. The van der Waals surface area contributed by atoms with Gasteiger partial charge in [0.05, 0.1) is 5.92 Å². The molecule has 0 amide bonds. The number of allylic oxidation sites excluding steroid dienone is 1. The maximum atomic E-state index is 11.8. The van der Waals surface area contributed by atoms with Gasteiger partial charge in [-0.3, -0.25) is 9.59 Å². The Hall–Kier alpha value is -1.32. The fourth-order valence-electron chi connectivity index (χ4n) is 7.37. The number of rotatable bonds is 2. The van der Waals surface area contributed by atoms with Crippen molar-refractivity contribution in [2.45, 2.75) is 78.2 Å². The van der Waals surface area contributed by atoms with Crippen LogP contribution in [0.1, 0.15) is 72.1 Å². The predicted octanol–water partition coefficient (Wildman–Crippen LogP) is 4.58. The predicted molar refractivity (Wildman–Crippen MR) is 98.4 cm³/mol. The maximum absolute atomic E-state index is 11.8. The van der Waals surface area contributed by atoms with E-state index in [1.165, 1.54) is 12.5 Å². The van der Waals surface area contributed by atoms with E-state index in [4.69, 9.17) is 4.74 Å². The van der Waals surface area contributed by atoms with E-state index in [9.17, 15) is 14.7 Å². The lowest BCUT2D eigenvalue weighted by atomic mass is 9.47. The highest BCUT2D eigenvalue weighted by Crippen LogP contribution is 2.66. The zero-order chi connectivity index (χ0) is 18.7. The quantitative estimate of drug-likeness (QED) is 0.578. The average molecular weight is 360 g/mol. The fourth-order valence-corrected chi connectivity index (χ4v) is 7.37. The van der Waals surface area contributed by atoms with Gasteiger partial charge in [0.15, 0.2) is 0 Å². The Bertz CT molecular complexity index is 653. The van der Waals surface area contributed by atoms with Gasteiger partial charge in [-0.15, -0.1) is 0 Å². The number of ether oxygens (including phenoxy) is 1. The molecular formula is C22H32O4. The molecule has 0 spiro atoms. The average Bonchev–Trinajstić information content (AvgIpc) is 2.92. The Morgan fingerprint density at radius 3 is 2.58 bits per heavy atom. The first-order valence-electron chi connectivity index (χ1n) is 10.4. The molecule has 4 aliphatic rings. The number of hydrogen-bond donors (Lipinski definition) is 1. The third-order valence-electron chi connectivity index (χ3n) is 8.69. The molecule has 4 heteroatoms. The first-order chi connectivity index (χ1) is 12.3. The van der Waals surface area contributed by atoms with Crippen LogP contribution in [0.4, 0.5) is 0 Å². The molecule has 0 heterocycles. The normalized spacial score (nSPS) is 47.2. The van der Waals surface area contributed by atoms with Crippen molar-refractivity contribution in [3.63, 3.8) is 0 Å². The molecule has 0 bridgehead atoms. The highest BCUT2D eigenvalue weighted by atomic mass is 16.5. The van der Waals surface area contributed by atoms with Crippen LogP contribution in [0.2, 0.25) is 0 Å². The zero-order valence-electron chi connectivity index (χ0n) is 16.3. The summed E-state index contributed by atoms with van der Waals surface area (Å²) in [5, 5.41) is 9.70. The molecule has 0 aromatic carbocycles. The van der Waals surface area contributed by atoms with Crippen LogP contribution in [-0.4, -0.2) is 23.1 Å². The molecule has 1 N–H and O–H groups in total. The summed E-state index contributed by atoms with van der Waals surface area (Å²) in [7, 11) is 0. The van der Waals surface area contributed by atoms with Crippen molar-refractivity contribution in [1.82, 2.24) is 0 Å². The molecular weight excluding hydrogens is 328 g/mol. The van der Waals surface area contributed by atoms with E-state index < -0.39 is 5.97 Å². The number of carboxylic acid groups (broad SMARTS) is 1. The highest BCUT2D eigenvalue weighted by Gasteiger charge is 2.60. The van der Waals surface area contributed by atoms with E-state index in [0.717, 1.165) is 51.4 Å². The van der Waals surface area contributed by atoms with Gasteiger partial charge in [0.25, 0.3) is 0 Å². The van der Waals surface area contributed by atoms with E-state index in [1.807, 2.05) is 0 Å². The van der Waals surface area contributed by atoms with Gasteiger partial charge in [0.2, 0.25) is 0 Å². The molecule has 3 fully saturated rings. The van der Waals surface area contributed by atoms with Gasteiger partial charge in [-0.1, -0.05) is 25.5 Å². The van der Waals surface area contributed by atoms with Gasteiger partial charge >= 0.3 is 11.9 Å². The van der Waals surface area contributed by atoms with Gasteiger partial charge in [-0.05, 0) is 73.5 Å². The third kappa shape index (κ3) is 2.55. The van der Waals surface area contributed by atoms with E-state index in [0.29, 0.717) is 17.8 Å². The molecule has 144 valence electrons. The number of fused-ring (bicyclic) bond motifs is 5. The van der Waals surface area contributed by atoms with E-state index in [2.05, 4.69) is 19.9 Å². The molecule has 4 rings (SSSR count). The van der Waals surface area contributed by atoms with Gasteiger partial charge in [-0.2, -0.15) is 0 Å². The third-order valence-corrected chi connectivity index (χ3v) is 8.69. The second kappa shape index (κ2) is 6.10. The lowest BCUT2D eigenvalue weighted by molar-refractivity contribution is -0.151. The summed E-state index contributed by atoms with van der Waals surface area (Å²) >= 11 is 0. The second-order valence-corrected chi connectivity index (χ2v) is 9.75. The number of hydrogen-bond acceptors (Lipinski definition) is 3. The molecule has 26 heavy (non-hydrogen) atoms. The Kier molecular flexibility index (Phi) is 4.24. The first-order valence-corrected chi connectivity index (χ1v) is 10.4. The largest absolute Gasteiger partial charge is 0.481 e. The molecule has 4 nitrogen and oxygen atoms in total. The molecule has 0 aliphatic heterocycles. The van der Waals surface area contributed by atoms with Crippen LogP contribution in [0, 0.1) is 34.5 Å². The minimum absolute atomic E-state index is 0.0242. The Labute approximate surface area is 156 Å². The molecule has 0 unspecified atom stereocenters. The summed E-state index contributed by atoms with van der Waals surface area (Å²) in [5.74, 6) is 0.901. The van der Waals surface area contributed by atoms with Crippen LogP contribution < -0.4 is 0 Å². The molecule has 4 aliphatic carbocycles. The van der Waals surface area contributed by atoms with Crippen LogP contribution in [-0.2, 0) is 14.3 Å². The number of carbonyl (C=O) groups excluding carboxylic acids is 1. The van der Waals surface area contributed by atoms with Crippen molar-refractivity contribution in [3.05, 3.63) is 11.6 Å². The number of esters is 1. The Morgan fingerprint density at radius 1 is 1.12 bits per heavy atom. The standard InChI is InChI=1S/C22H32O4/c1-13(23)26-15-8-10-21(2)14(12-15)4-5-16-17-6-7-19(20(24)25)22(17,3)11-9-18(16)21/h4,15-19H,5-12H2,1-3H3,(H,24,25)/t15-,16-,17-,18-,19+,21-,22+/m0/s1. The summed E-state index contributed by atoms with van der Waals surface area (Å²) in [6, 6.07) is 0. The molecule has 3 saturated carbocycles. The van der Waals surface area contributed by atoms with Gasteiger partial charge in [-0.25, -0.2) is 0 Å². The van der Waals surface area contributed by atoms with Gasteiger partial charge < -0.3 is 9.84 Å². The summed E-state index contributed by atoms with van der Waals surface area (Å²) in [6.07, 6.45) is 10.6. The molecule has 0 saturated heterocycles. The lowest BCUT2D eigenvalue weighted by Crippen LogP contribution is -2.51. The highest BCUT2D eigenvalue weighted by molar-refractivity contribution is 5.71. The van der Waals surface area contributed by atoms with Gasteiger partial charge in [0.1, 0.15) is 6.10 Å². The van der Waals surface area contributed by atoms with Crippen molar-refractivity contribution in [1.29, 1.82) is 0 Å². The Morgan fingerprint density at radius 2 is 1.88 bits per heavy atom. The van der Waals surface area contributed by atoms with Crippen LogP contribution in [0.25, 0.3) is 0 Å². The number of aliphatic carboxylic acids is 1. The summed E-state index contributed by atoms with van der Waals surface area (Å²) in [6.45, 7) is 6.17. The maximum Gasteiger partial charge on any atom is 0.307 e. The molecule has 7 atom stereocenters. The summed E-state index contributed by atoms with van der Waals surface area (Å²) in [5.41, 5.74) is 1.68. The van der Waals surface area contributed by atoms with Crippen molar-refractivity contribution in [2.24, 2.45) is 34.5 Å². The van der Waals surface area contributed by atoms with Gasteiger partial charge in [0, 0.05) is 13.3 Å². The summed E-state index contributed by atoms with van der Waals surface area (Å²) < 4.78 is 5.50. The lowest BCUT2D eigenvalue weighted by Gasteiger charge is -2.57. The fraction of sp³-hybridized carbons (Fsp3) is 0.818. The van der Waals surface area contributed by atoms with Crippen LogP contribution in [0.3, 0.4) is 0 Å². The van der Waals surface area contributed by atoms with E-state index >= 15 is 0 Å². The van der Waals surface area contributed by atoms with Crippen molar-refractivity contribution < 1.29 is 19.4 Å². The number of carboxylic acids is 1. The van der Waals surface area contributed by atoms with Crippen molar-refractivity contribution in [2.75, 3.05) is 0 Å². The van der Waals surface area contributed by atoms with Crippen molar-refractivity contribution in [3.8, 4) is 0 Å². The van der Waals surface area contributed by atoms with Crippen LogP contribution in [0.5, 0.6) is 0 Å². The minimum Gasteiger partial charge on any atom is -0.481 e. The summed E-state index contributed by atoms with van der Waals surface area (Å²) in [4.78, 5) is 23.1. The molecule has 0 radical (unpaired) electrons. The van der Waals surface area contributed by atoms with Crippen LogP contribution >= 0.6 is 0 Å². The smallest absolute Gasteiger partial charge is 0.307 e. The SMILES string of the molecule is CC(=O)O[C@H]1CC[C@@]2(C)C(=CC[C@H]3[C@@H]4CC[C@H](C(=O)O)[C@]4(C)CC[C@@H]32)C1. The van der Waals surface area contributed by atoms with Crippen molar-refractivity contribution >= 4 is 11.9 Å². The monoisotopic (exact) mass is 360 g/mol.